The number of fused-ring (bicyclic) bond motifs is 4. The highest BCUT2D eigenvalue weighted by Gasteiger charge is 2.52. The van der Waals surface area contributed by atoms with E-state index < -0.39 is 0 Å². The Bertz CT molecular complexity index is 4330. The number of rotatable bonds is 3. The molecule has 12 nitrogen and oxygen atoms in total. The molecule has 1 fully saturated rings. The number of aromatic nitrogens is 6. The van der Waals surface area contributed by atoms with Crippen LogP contribution in [-0.4, -0.2) is 47.7 Å². The molecule has 0 bridgehead atoms. The van der Waals surface area contributed by atoms with Crippen molar-refractivity contribution in [2.45, 2.75) is 38.9 Å². The summed E-state index contributed by atoms with van der Waals surface area (Å²) >= 11 is 30.0. The van der Waals surface area contributed by atoms with Crippen molar-refractivity contribution in [1.29, 1.82) is 10.5 Å². The van der Waals surface area contributed by atoms with Crippen LogP contribution in [-0.2, 0) is 30.5 Å². The van der Waals surface area contributed by atoms with Crippen LogP contribution in [0.15, 0.2) is 163 Å². The van der Waals surface area contributed by atoms with Gasteiger partial charge in [0.05, 0.1) is 69.2 Å². The quantitative estimate of drug-likeness (QED) is 0.0979. The monoisotopic (exact) mass is 1320 g/mol. The van der Waals surface area contributed by atoms with Crippen molar-refractivity contribution < 1.29 is 9.31 Å². The highest BCUT2D eigenvalue weighted by molar-refractivity contribution is 14.1. The molecule has 4 heterocycles. The summed E-state index contributed by atoms with van der Waals surface area (Å²) in [5.41, 5.74) is 6.48. The van der Waals surface area contributed by atoms with E-state index in [1.807, 2.05) is 182 Å². The Hall–Kier alpha value is -7.26. The average Bonchev–Trinajstić information content (AvgIpc) is 4.46. The number of halogens is 6. The highest BCUT2D eigenvalue weighted by Crippen LogP contribution is 2.42. The maximum absolute atomic E-state index is 9.01. The molecular formula is C62H47BBrCl4IN10O2. The summed E-state index contributed by atoms with van der Waals surface area (Å²) in [7, 11) is 5.30. The minimum atomic E-state index is -0.317. The summed E-state index contributed by atoms with van der Waals surface area (Å²) in [6, 6.07) is 47.7. The summed E-state index contributed by atoms with van der Waals surface area (Å²) in [5.74, 6) is 0. The van der Waals surface area contributed by atoms with Crippen LogP contribution in [0.4, 0.5) is 11.4 Å². The van der Waals surface area contributed by atoms with Gasteiger partial charge in [-0.15, -0.1) is 0 Å². The molecular weight excluding hydrogens is 1280 g/mol. The first-order valence-corrected chi connectivity index (χ1v) is 28.1. The molecule has 1 aliphatic heterocycles. The van der Waals surface area contributed by atoms with E-state index in [2.05, 4.69) is 75.6 Å². The third-order valence-corrected chi connectivity index (χ3v) is 16.6. The predicted octanol–water partition coefficient (Wildman–Crippen LogP) is 17.7. The largest absolute Gasteiger partial charge is 0.514 e. The summed E-state index contributed by atoms with van der Waals surface area (Å²) < 4.78 is 18.9. The van der Waals surface area contributed by atoms with Crippen LogP contribution in [0.25, 0.3) is 75.3 Å². The molecule has 81 heavy (non-hydrogen) atoms. The standard InChI is InChI=1S/C15H9BrClN3.C15H10ClN3.C11H5ClIN.C11H6ClN.C10H17BN2O2/c1-18-14-10-4-3-5-13(17)9(10)6-7-11(14)15-12(16)8-19-20(15)2;1-17-15-11-4-3-5-13(16)10(11)6-7-12(15)14-8-9-18-19(14)2;12-10-3-1-2-7-8(10)4-5-11(13)9(7)6-14;12-11-6-2-4-9-8(7-13)3-1-5-10(9)11;1-9(2)10(3,4)15-11(14-9)8-6-7-12-13(8)5/h3-8H,2H3;3-9H,2H3;1-5H;1-6H;6-7H,1-5H3. The molecule has 0 radical (unpaired) electrons. The van der Waals surface area contributed by atoms with E-state index in [1.54, 1.807) is 38.7 Å². The van der Waals surface area contributed by atoms with E-state index in [0.717, 1.165) is 79.2 Å². The average molecular weight is 1320 g/mol. The van der Waals surface area contributed by atoms with Gasteiger partial charge in [-0.1, -0.05) is 137 Å². The Morgan fingerprint density at radius 2 is 1.00 bits per heavy atom. The minimum Gasteiger partial charge on any atom is -0.398 e. The Kier molecular flexibility index (Phi) is 19.0. The lowest BCUT2D eigenvalue weighted by atomic mass is 9.85. The van der Waals surface area contributed by atoms with E-state index >= 15 is 0 Å². The molecule has 0 aliphatic carbocycles. The van der Waals surface area contributed by atoms with Crippen LogP contribution in [0, 0.1) is 39.4 Å². The summed E-state index contributed by atoms with van der Waals surface area (Å²) in [4.78, 5) is 7.39. The number of hydrogen-bond acceptors (Lipinski definition) is 7. The van der Waals surface area contributed by atoms with E-state index in [9.17, 15) is 0 Å². The maximum atomic E-state index is 9.01. The fourth-order valence-electron chi connectivity index (χ4n) is 8.95. The van der Waals surface area contributed by atoms with Crippen molar-refractivity contribution >= 4 is 152 Å². The molecule has 0 amide bonds. The second-order valence-corrected chi connectivity index (χ2v) is 22.9. The Morgan fingerprint density at radius 1 is 0.543 bits per heavy atom. The molecule has 0 spiro atoms. The molecule has 1 saturated heterocycles. The van der Waals surface area contributed by atoms with Gasteiger partial charge in [-0.2, -0.15) is 25.8 Å². The van der Waals surface area contributed by atoms with Gasteiger partial charge in [0.15, 0.2) is 0 Å². The SMILES string of the molecule is Cn1nccc1B1OC(C)(C)C(C)(C)O1.N#Cc1c(I)ccc2c(Cl)cccc12.N#Cc1cccc2c(Cl)cccc12.[C-]#[N+]c1c(-c2c(Br)cnn2C)ccc2c(Cl)cccc12.[C-]#[N+]c1c(-c2ccnn2C)ccc2c(Cl)cccc12. The molecule has 0 unspecified atom stereocenters. The van der Waals surface area contributed by atoms with Crippen molar-refractivity contribution in [1.82, 2.24) is 29.3 Å². The Labute approximate surface area is 512 Å². The molecule has 8 aromatic carbocycles. The first-order chi connectivity index (χ1) is 38.7. The minimum absolute atomic E-state index is 0.290. The second kappa shape index (κ2) is 25.7. The molecule has 11 aromatic rings. The van der Waals surface area contributed by atoms with Crippen molar-refractivity contribution in [3.8, 4) is 34.7 Å². The smallest absolute Gasteiger partial charge is 0.398 e. The summed E-state index contributed by atoms with van der Waals surface area (Å²) in [6.07, 6.45) is 5.21. The van der Waals surface area contributed by atoms with Gasteiger partial charge >= 0.3 is 7.12 Å². The number of aryl methyl sites for hydroxylation is 3. The van der Waals surface area contributed by atoms with Gasteiger partial charge in [0, 0.05) is 89.9 Å². The van der Waals surface area contributed by atoms with Crippen LogP contribution < -0.4 is 5.59 Å². The molecule has 0 saturated carbocycles. The third kappa shape index (κ3) is 12.6. The summed E-state index contributed by atoms with van der Waals surface area (Å²) in [6.45, 7) is 23.2. The Morgan fingerprint density at radius 3 is 1.48 bits per heavy atom. The predicted molar refractivity (Wildman–Crippen MR) is 342 cm³/mol. The fraction of sp³-hybridized carbons (Fsp3) is 0.145. The molecule has 12 rings (SSSR count). The number of benzene rings is 8. The molecule has 0 atom stereocenters. The lowest BCUT2D eigenvalue weighted by Gasteiger charge is -2.32. The van der Waals surface area contributed by atoms with E-state index in [4.69, 9.17) is 79.4 Å². The van der Waals surface area contributed by atoms with Gasteiger partial charge in [-0.3, -0.25) is 14.0 Å². The second-order valence-electron chi connectivity index (χ2n) is 19.2. The number of nitriles is 2. The van der Waals surface area contributed by atoms with E-state index in [-0.39, 0.29) is 18.3 Å². The van der Waals surface area contributed by atoms with E-state index in [0.29, 0.717) is 42.6 Å². The van der Waals surface area contributed by atoms with E-state index in [1.165, 1.54) is 0 Å². The van der Waals surface area contributed by atoms with Crippen LogP contribution in [0.1, 0.15) is 38.8 Å². The summed E-state index contributed by atoms with van der Waals surface area (Å²) in [5, 5.41) is 40.3. The fourth-order valence-corrected chi connectivity index (χ4v) is 11.1. The van der Waals surface area contributed by atoms with Gasteiger partial charge in [-0.25, -0.2) is 9.69 Å². The van der Waals surface area contributed by atoms with Crippen molar-refractivity contribution in [2.75, 3.05) is 0 Å². The Balaban J connectivity index is 0.000000134. The lowest BCUT2D eigenvalue weighted by Crippen LogP contribution is -2.41. The van der Waals surface area contributed by atoms with Crippen LogP contribution in [0.3, 0.4) is 0 Å². The zero-order valence-corrected chi connectivity index (χ0v) is 51.4. The first kappa shape index (κ1) is 59.9. The topological polar surface area (TPSA) is 128 Å². The number of nitrogens with zero attached hydrogens (tertiary/aromatic N) is 10. The van der Waals surface area contributed by atoms with Crippen LogP contribution in [0.2, 0.25) is 20.1 Å². The van der Waals surface area contributed by atoms with Crippen LogP contribution in [0.5, 0.6) is 0 Å². The normalized spacial score (nSPS) is 12.8. The van der Waals surface area contributed by atoms with Gasteiger partial charge in [0.2, 0.25) is 11.4 Å². The van der Waals surface area contributed by atoms with Crippen LogP contribution >= 0.6 is 84.9 Å². The van der Waals surface area contributed by atoms with Gasteiger partial charge in [0.1, 0.15) is 6.07 Å². The zero-order chi connectivity index (χ0) is 58.3. The third-order valence-electron chi connectivity index (χ3n) is 13.8. The van der Waals surface area contributed by atoms with Gasteiger partial charge in [0.25, 0.3) is 0 Å². The lowest BCUT2D eigenvalue weighted by molar-refractivity contribution is 0.00578. The van der Waals surface area contributed by atoms with Crippen molar-refractivity contribution in [3.05, 3.63) is 220 Å². The first-order valence-electron chi connectivity index (χ1n) is 24.8. The number of hydrogen-bond donors (Lipinski definition) is 0. The molecule has 1 aliphatic rings. The molecule has 402 valence electrons. The van der Waals surface area contributed by atoms with Gasteiger partial charge < -0.3 is 9.31 Å². The van der Waals surface area contributed by atoms with Gasteiger partial charge in [-0.05, 0) is 136 Å². The molecule has 19 heteroatoms. The molecule has 3 aromatic heterocycles. The van der Waals surface area contributed by atoms with Crippen molar-refractivity contribution in [3.63, 3.8) is 0 Å². The van der Waals surface area contributed by atoms with Crippen molar-refractivity contribution in [2.24, 2.45) is 21.1 Å². The molecule has 0 N–H and O–H groups in total. The highest BCUT2D eigenvalue weighted by atomic mass is 127. The maximum Gasteiger partial charge on any atom is 0.514 e. The zero-order valence-electron chi connectivity index (χ0n) is 44.6.